The summed E-state index contributed by atoms with van der Waals surface area (Å²) in [6.45, 7) is -1.15. The van der Waals surface area contributed by atoms with Crippen LogP contribution in [0.15, 0.2) is 18.2 Å². The van der Waals surface area contributed by atoms with Gasteiger partial charge in [0.15, 0.2) is 11.5 Å². The van der Waals surface area contributed by atoms with Crippen molar-refractivity contribution in [1.82, 2.24) is 0 Å². The van der Waals surface area contributed by atoms with Crippen LogP contribution >= 0.6 is 0 Å². The fourth-order valence-corrected chi connectivity index (χ4v) is 1.71. The average molecular weight is 316 g/mol. The monoisotopic (exact) mass is 316 g/mol. The van der Waals surface area contributed by atoms with Gasteiger partial charge in [-0.3, -0.25) is 4.79 Å². The first-order valence-electron chi connectivity index (χ1n) is 6.53. The zero-order chi connectivity index (χ0) is 16.7. The Morgan fingerprint density at radius 1 is 1.09 bits per heavy atom. The van der Waals surface area contributed by atoms with Gasteiger partial charge in [0.05, 0.1) is 13.7 Å². The lowest BCUT2D eigenvalue weighted by molar-refractivity contribution is -0.121. The van der Waals surface area contributed by atoms with Crippen LogP contribution < -0.4 is 9.47 Å². The maximum absolute atomic E-state index is 10.7. The van der Waals surface area contributed by atoms with Crippen molar-refractivity contribution in [1.29, 1.82) is 0 Å². The molecule has 0 aromatic heterocycles. The Kier molecular flexibility index (Phi) is 7.22. The van der Waals surface area contributed by atoms with Crippen LogP contribution in [0.1, 0.15) is 10.4 Å². The predicted molar refractivity (Wildman–Crippen MR) is 75.0 cm³/mol. The van der Waals surface area contributed by atoms with Gasteiger partial charge in [-0.25, -0.2) is 0 Å². The van der Waals surface area contributed by atoms with Crippen molar-refractivity contribution < 1.29 is 39.8 Å². The normalized spacial score (nSPS) is 16.5. The second-order valence-corrected chi connectivity index (χ2v) is 4.64. The Labute approximate surface area is 127 Å². The molecule has 0 fully saturated rings. The second kappa shape index (κ2) is 8.66. The van der Waals surface area contributed by atoms with Crippen molar-refractivity contribution in [2.24, 2.45) is 0 Å². The molecule has 0 bridgehead atoms. The summed E-state index contributed by atoms with van der Waals surface area (Å²) in [7, 11) is 1.38. The molecule has 0 aliphatic carbocycles. The summed E-state index contributed by atoms with van der Waals surface area (Å²) in [5.41, 5.74) is 0.381. The summed E-state index contributed by atoms with van der Waals surface area (Å²) in [6.07, 6.45) is -5.87. The van der Waals surface area contributed by atoms with Crippen LogP contribution in [0.5, 0.6) is 11.5 Å². The number of carbonyl (C=O) groups is 1. The quantitative estimate of drug-likeness (QED) is 0.341. The van der Waals surface area contributed by atoms with Crippen molar-refractivity contribution >= 4 is 6.29 Å². The van der Waals surface area contributed by atoms with E-state index in [4.69, 9.17) is 14.6 Å². The first-order chi connectivity index (χ1) is 10.4. The lowest BCUT2D eigenvalue weighted by Crippen LogP contribution is -2.47. The molecule has 1 aromatic carbocycles. The molecule has 4 atom stereocenters. The van der Waals surface area contributed by atoms with E-state index in [-0.39, 0.29) is 11.5 Å². The maximum atomic E-state index is 10.7. The number of aliphatic hydroxyl groups is 5. The molecule has 124 valence electrons. The number of benzene rings is 1. The first-order valence-corrected chi connectivity index (χ1v) is 6.53. The molecular formula is C14H20O8. The Hall–Kier alpha value is -1.71. The lowest BCUT2D eigenvalue weighted by atomic mass is 10.0. The average Bonchev–Trinajstić information content (AvgIpc) is 2.57. The molecule has 8 nitrogen and oxygen atoms in total. The molecule has 1 aromatic rings. The van der Waals surface area contributed by atoms with Gasteiger partial charge in [-0.2, -0.15) is 0 Å². The molecule has 0 heterocycles. The Bertz CT molecular complexity index is 478. The summed E-state index contributed by atoms with van der Waals surface area (Å²) in [4.78, 5) is 10.7. The van der Waals surface area contributed by atoms with E-state index in [0.29, 0.717) is 11.8 Å². The van der Waals surface area contributed by atoms with E-state index in [1.807, 2.05) is 0 Å². The van der Waals surface area contributed by atoms with E-state index in [9.17, 15) is 25.2 Å². The summed E-state index contributed by atoms with van der Waals surface area (Å²) in [5.74, 6) is 0.499. The fourth-order valence-electron chi connectivity index (χ4n) is 1.71. The lowest BCUT2D eigenvalue weighted by Gasteiger charge is -2.25. The van der Waals surface area contributed by atoms with Gasteiger partial charge < -0.3 is 35.0 Å². The van der Waals surface area contributed by atoms with Crippen LogP contribution in [0.25, 0.3) is 0 Å². The van der Waals surface area contributed by atoms with Gasteiger partial charge in [0.2, 0.25) is 0 Å². The Morgan fingerprint density at radius 3 is 2.27 bits per heavy atom. The molecule has 0 radical (unpaired) electrons. The maximum Gasteiger partial charge on any atom is 0.161 e. The number of aldehydes is 1. The Balaban J connectivity index is 2.67. The fraction of sp³-hybridized carbons (Fsp3) is 0.500. The molecule has 0 spiro atoms. The minimum Gasteiger partial charge on any atom is -0.493 e. The van der Waals surface area contributed by atoms with Crippen molar-refractivity contribution in [2.45, 2.75) is 24.4 Å². The van der Waals surface area contributed by atoms with Crippen LogP contribution in [-0.2, 0) is 0 Å². The summed E-state index contributed by atoms with van der Waals surface area (Å²) in [5, 5.41) is 46.8. The zero-order valence-corrected chi connectivity index (χ0v) is 12.0. The van der Waals surface area contributed by atoms with E-state index in [0.717, 1.165) is 0 Å². The van der Waals surface area contributed by atoms with Gasteiger partial charge in [-0.05, 0) is 18.2 Å². The standard InChI is InChI=1S/C14H20O8/c1-21-12-4-8(5-15)2-3-11(12)22-7-10(18)14(20)13(19)9(17)6-16/h2-5,9-10,13-14,16-20H,6-7H2,1H3/t9-,10+,13+,14+/m1/s1. The summed E-state index contributed by atoms with van der Waals surface area (Å²) < 4.78 is 10.3. The number of carbonyl (C=O) groups excluding carboxylic acids is 1. The van der Waals surface area contributed by atoms with E-state index < -0.39 is 37.6 Å². The van der Waals surface area contributed by atoms with E-state index in [1.165, 1.54) is 25.3 Å². The molecule has 8 heteroatoms. The van der Waals surface area contributed by atoms with Crippen LogP contribution in [0.3, 0.4) is 0 Å². The highest BCUT2D eigenvalue weighted by molar-refractivity contribution is 5.76. The van der Waals surface area contributed by atoms with Crippen LogP contribution in [0, 0.1) is 0 Å². The number of rotatable bonds is 9. The third kappa shape index (κ3) is 4.65. The van der Waals surface area contributed by atoms with Crippen molar-refractivity contribution in [3.8, 4) is 11.5 Å². The molecule has 1 rings (SSSR count). The smallest absolute Gasteiger partial charge is 0.161 e. The molecule has 0 unspecified atom stereocenters. The molecule has 5 N–H and O–H groups in total. The SMILES string of the molecule is COc1cc(C=O)ccc1OC[C@H](O)[C@H](O)[C@@H](O)[C@H](O)CO. The van der Waals surface area contributed by atoms with E-state index in [2.05, 4.69) is 0 Å². The van der Waals surface area contributed by atoms with E-state index >= 15 is 0 Å². The van der Waals surface area contributed by atoms with Gasteiger partial charge in [-0.15, -0.1) is 0 Å². The zero-order valence-electron chi connectivity index (χ0n) is 12.0. The van der Waals surface area contributed by atoms with Gasteiger partial charge in [0, 0.05) is 5.56 Å². The van der Waals surface area contributed by atoms with Gasteiger partial charge in [0.1, 0.15) is 37.3 Å². The number of methoxy groups -OCH3 is 1. The molecular weight excluding hydrogens is 296 g/mol. The summed E-state index contributed by atoms with van der Waals surface area (Å²) in [6, 6.07) is 4.38. The van der Waals surface area contributed by atoms with Crippen LogP contribution in [0.2, 0.25) is 0 Å². The number of hydrogen-bond acceptors (Lipinski definition) is 8. The molecule has 0 saturated heterocycles. The summed E-state index contributed by atoms with van der Waals surface area (Å²) >= 11 is 0. The van der Waals surface area contributed by atoms with Crippen molar-refractivity contribution in [3.63, 3.8) is 0 Å². The van der Waals surface area contributed by atoms with Gasteiger partial charge in [-0.1, -0.05) is 0 Å². The highest BCUT2D eigenvalue weighted by Gasteiger charge is 2.30. The predicted octanol–water partition coefficient (Wildman–Crippen LogP) is -1.68. The molecule has 22 heavy (non-hydrogen) atoms. The Morgan fingerprint density at radius 2 is 1.73 bits per heavy atom. The topological polar surface area (TPSA) is 137 Å². The minimum atomic E-state index is -1.72. The van der Waals surface area contributed by atoms with Crippen molar-refractivity contribution in [2.75, 3.05) is 20.3 Å². The van der Waals surface area contributed by atoms with Gasteiger partial charge >= 0.3 is 0 Å². The number of ether oxygens (including phenoxy) is 2. The number of aliphatic hydroxyl groups excluding tert-OH is 5. The highest BCUT2D eigenvalue weighted by atomic mass is 16.5. The molecule has 0 amide bonds. The van der Waals surface area contributed by atoms with Crippen LogP contribution in [0.4, 0.5) is 0 Å². The third-order valence-electron chi connectivity index (χ3n) is 3.06. The van der Waals surface area contributed by atoms with Crippen molar-refractivity contribution in [3.05, 3.63) is 23.8 Å². The minimum absolute atomic E-state index is 0.233. The van der Waals surface area contributed by atoms with Gasteiger partial charge in [0.25, 0.3) is 0 Å². The third-order valence-corrected chi connectivity index (χ3v) is 3.06. The number of hydrogen-bond donors (Lipinski definition) is 5. The highest BCUT2D eigenvalue weighted by Crippen LogP contribution is 2.27. The molecule has 0 aliphatic rings. The second-order valence-electron chi connectivity index (χ2n) is 4.64. The molecule has 0 aliphatic heterocycles. The van der Waals surface area contributed by atoms with Crippen LogP contribution in [-0.4, -0.2) is 76.6 Å². The molecule has 0 saturated carbocycles. The largest absolute Gasteiger partial charge is 0.493 e. The first kappa shape index (κ1) is 18.3. The van der Waals surface area contributed by atoms with E-state index in [1.54, 1.807) is 0 Å².